The Morgan fingerprint density at radius 1 is 1.16 bits per heavy atom. The van der Waals surface area contributed by atoms with Crippen LogP contribution in [0.3, 0.4) is 0 Å². The Bertz CT molecular complexity index is 437. The standard InChI is InChI=1S/C15H21NO3/c1-19-14-8-7-12(11-13(14)17)15(18)16-9-5-3-2-4-6-10-16/h7-8,11,17H,2-6,9-10H2,1H3. The zero-order valence-corrected chi connectivity index (χ0v) is 11.4. The molecule has 4 heteroatoms. The molecule has 1 aliphatic heterocycles. The van der Waals surface area contributed by atoms with Gasteiger partial charge in [0.25, 0.3) is 5.91 Å². The summed E-state index contributed by atoms with van der Waals surface area (Å²) >= 11 is 0. The second-order valence-corrected chi connectivity index (χ2v) is 4.95. The molecule has 0 atom stereocenters. The number of aromatic hydroxyl groups is 1. The molecule has 104 valence electrons. The molecule has 0 bridgehead atoms. The number of hydrogen-bond donors (Lipinski definition) is 1. The summed E-state index contributed by atoms with van der Waals surface area (Å²) in [6, 6.07) is 4.83. The average Bonchev–Trinajstić information content (AvgIpc) is 2.37. The number of methoxy groups -OCH3 is 1. The maximum absolute atomic E-state index is 12.4. The lowest BCUT2D eigenvalue weighted by Crippen LogP contribution is -2.33. The first-order chi connectivity index (χ1) is 9.22. The smallest absolute Gasteiger partial charge is 0.253 e. The summed E-state index contributed by atoms with van der Waals surface area (Å²) in [5.74, 6) is 0.407. The highest BCUT2D eigenvalue weighted by Gasteiger charge is 2.17. The molecular weight excluding hydrogens is 242 g/mol. The molecule has 1 heterocycles. The Morgan fingerprint density at radius 3 is 2.37 bits per heavy atom. The molecule has 2 rings (SSSR count). The first-order valence-electron chi connectivity index (χ1n) is 6.88. The molecule has 0 aromatic heterocycles. The summed E-state index contributed by atoms with van der Waals surface area (Å²) in [6.45, 7) is 1.62. The molecule has 1 aromatic carbocycles. The van der Waals surface area contributed by atoms with Gasteiger partial charge in [-0.05, 0) is 31.0 Å². The van der Waals surface area contributed by atoms with Crippen LogP contribution in [0.5, 0.6) is 11.5 Å². The van der Waals surface area contributed by atoms with Crippen LogP contribution in [0, 0.1) is 0 Å². The van der Waals surface area contributed by atoms with E-state index in [1.54, 1.807) is 12.1 Å². The number of phenolic OH excluding ortho intramolecular Hbond substituents is 1. The molecule has 4 nitrogen and oxygen atoms in total. The fourth-order valence-electron chi connectivity index (χ4n) is 2.46. The fourth-order valence-corrected chi connectivity index (χ4v) is 2.46. The number of carbonyl (C=O) groups excluding carboxylic acids is 1. The van der Waals surface area contributed by atoms with Crippen LogP contribution >= 0.6 is 0 Å². The van der Waals surface area contributed by atoms with E-state index < -0.39 is 0 Å². The summed E-state index contributed by atoms with van der Waals surface area (Å²) in [5, 5.41) is 9.74. The lowest BCUT2D eigenvalue weighted by Gasteiger charge is -2.25. The van der Waals surface area contributed by atoms with Gasteiger partial charge in [0.1, 0.15) is 0 Å². The molecule has 1 aliphatic rings. The van der Waals surface area contributed by atoms with Gasteiger partial charge in [-0.25, -0.2) is 0 Å². The van der Waals surface area contributed by atoms with Crippen molar-refractivity contribution in [2.24, 2.45) is 0 Å². The number of phenols is 1. The molecule has 0 radical (unpaired) electrons. The van der Waals surface area contributed by atoms with Gasteiger partial charge in [-0.2, -0.15) is 0 Å². The number of hydrogen-bond acceptors (Lipinski definition) is 3. The van der Waals surface area contributed by atoms with Crippen LogP contribution in [0.4, 0.5) is 0 Å². The van der Waals surface area contributed by atoms with Crippen molar-refractivity contribution in [3.8, 4) is 11.5 Å². The SMILES string of the molecule is COc1ccc(C(=O)N2CCCCCCC2)cc1O. The van der Waals surface area contributed by atoms with Crippen molar-refractivity contribution in [1.29, 1.82) is 0 Å². The van der Waals surface area contributed by atoms with Crippen molar-refractivity contribution in [3.63, 3.8) is 0 Å². The van der Waals surface area contributed by atoms with E-state index in [1.165, 1.54) is 32.4 Å². The van der Waals surface area contributed by atoms with Crippen molar-refractivity contribution >= 4 is 5.91 Å². The number of carbonyl (C=O) groups is 1. The molecule has 0 unspecified atom stereocenters. The molecule has 1 fully saturated rings. The van der Waals surface area contributed by atoms with Crippen molar-refractivity contribution in [2.75, 3.05) is 20.2 Å². The minimum atomic E-state index is -0.000136. The van der Waals surface area contributed by atoms with Gasteiger partial charge in [0.05, 0.1) is 7.11 Å². The van der Waals surface area contributed by atoms with Gasteiger partial charge in [-0.1, -0.05) is 19.3 Å². The van der Waals surface area contributed by atoms with Gasteiger partial charge >= 0.3 is 0 Å². The van der Waals surface area contributed by atoms with Gasteiger partial charge in [0.15, 0.2) is 11.5 Å². The zero-order chi connectivity index (χ0) is 13.7. The van der Waals surface area contributed by atoms with Gasteiger partial charge in [-0.3, -0.25) is 4.79 Å². The van der Waals surface area contributed by atoms with Crippen LogP contribution in [0.2, 0.25) is 0 Å². The monoisotopic (exact) mass is 263 g/mol. The highest BCUT2D eigenvalue weighted by molar-refractivity contribution is 5.94. The third-order valence-electron chi connectivity index (χ3n) is 3.57. The summed E-state index contributed by atoms with van der Waals surface area (Å²) in [4.78, 5) is 14.3. The van der Waals surface area contributed by atoms with Gasteiger partial charge in [0.2, 0.25) is 0 Å². The molecule has 0 saturated carbocycles. The molecule has 1 N–H and O–H groups in total. The fraction of sp³-hybridized carbons (Fsp3) is 0.533. The van der Waals surface area contributed by atoms with Crippen LogP contribution in [0.25, 0.3) is 0 Å². The quantitative estimate of drug-likeness (QED) is 0.892. The summed E-state index contributed by atoms with van der Waals surface area (Å²) < 4.78 is 4.99. The maximum atomic E-state index is 12.4. The van der Waals surface area contributed by atoms with Crippen LogP contribution in [-0.4, -0.2) is 36.1 Å². The number of amides is 1. The van der Waals surface area contributed by atoms with E-state index in [-0.39, 0.29) is 11.7 Å². The highest BCUT2D eigenvalue weighted by atomic mass is 16.5. The number of likely N-dealkylation sites (tertiary alicyclic amines) is 1. The van der Waals surface area contributed by atoms with Gasteiger partial charge in [-0.15, -0.1) is 0 Å². The third kappa shape index (κ3) is 3.40. The van der Waals surface area contributed by atoms with Crippen molar-refractivity contribution < 1.29 is 14.6 Å². The van der Waals surface area contributed by atoms with E-state index >= 15 is 0 Å². The maximum Gasteiger partial charge on any atom is 0.253 e. The Hall–Kier alpha value is -1.71. The van der Waals surface area contributed by atoms with Crippen LogP contribution < -0.4 is 4.74 Å². The first-order valence-corrected chi connectivity index (χ1v) is 6.88. The number of nitrogens with zero attached hydrogens (tertiary/aromatic N) is 1. The van der Waals surface area contributed by atoms with Crippen LogP contribution in [0.1, 0.15) is 42.5 Å². The zero-order valence-electron chi connectivity index (χ0n) is 11.4. The minimum Gasteiger partial charge on any atom is -0.504 e. The number of ether oxygens (including phenoxy) is 1. The Morgan fingerprint density at radius 2 is 1.79 bits per heavy atom. The highest BCUT2D eigenvalue weighted by Crippen LogP contribution is 2.27. The molecule has 19 heavy (non-hydrogen) atoms. The summed E-state index contributed by atoms with van der Waals surface area (Å²) in [7, 11) is 1.49. The largest absolute Gasteiger partial charge is 0.504 e. The van der Waals surface area contributed by atoms with Gasteiger partial charge < -0.3 is 14.7 Å². The molecular formula is C15H21NO3. The molecule has 0 aliphatic carbocycles. The lowest BCUT2D eigenvalue weighted by atomic mass is 10.1. The van der Waals surface area contributed by atoms with Gasteiger partial charge in [0, 0.05) is 18.7 Å². The molecule has 1 aromatic rings. The van der Waals surface area contributed by atoms with E-state index in [0.717, 1.165) is 25.9 Å². The minimum absolute atomic E-state index is 0.000136. The first kappa shape index (κ1) is 13.7. The van der Waals surface area contributed by atoms with E-state index in [0.29, 0.717) is 11.3 Å². The van der Waals surface area contributed by atoms with Crippen LogP contribution in [-0.2, 0) is 0 Å². The molecule has 1 saturated heterocycles. The summed E-state index contributed by atoms with van der Waals surface area (Å²) in [6.07, 6.45) is 5.78. The van der Waals surface area contributed by atoms with Crippen LogP contribution in [0.15, 0.2) is 18.2 Å². The Balaban J connectivity index is 2.11. The van der Waals surface area contributed by atoms with E-state index in [2.05, 4.69) is 0 Å². The number of benzene rings is 1. The predicted molar refractivity (Wildman–Crippen MR) is 73.6 cm³/mol. The Kier molecular flexibility index (Phi) is 4.66. The normalized spacial score (nSPS) is 16.6. The average molecular weight is 263 g/mol. The lowest BCUT2D eigenvalue weighted by molar-refractivity contribution is 0.0742. The Labute approximate surface area is 114 Å². The van der Waals surface area contributed by atoms with E-state index in [9.17, 15) is 9.90 Å². The van der Waals surface area contributed by atoms with E-state index in [1.807, 2.05) is 4.90 Å². The second-order valence-electron chi connectivity index (χ2n) is 4.95. The summed E-state index contributed by atoms with van der Waals surface area (Å²) in [5.41, 5.74) is 0.527. The molecule has 0 spiro atoms. The third-order valence-corrected chi connectivity index (χ3v) is 3.57. The van der Waals surface area contributed by atoms with Crippen molar-refractivity contribution in [1.82, 2.24) is 4.90 Å². The van der Waals surface area contributed by atoms with Crippen molar-refractivity contribution in [2.45, 2.75) is 32.1 Å². The topological polar surface area (TPSA) is 49.8 Å². The van der Waals surface area contributed by atoms with Crippen molar-refractivity contribution in [3.05, 3.63) is 23.8 Å². The molecule has 1 amide bonds. The predicted octanol–water partition coefficient (Wildman–Crippen LogP) is 2.81. The second kappa shape index (κ2) is 6.45. The van der Waals surface area contributed by atoms with E-state index in [4.69, 9.17) is 4.74 Å². The number of rotatable bonds is 2.